The molecule has 2 rings (SSSR count). The van der Waals surface area contributed by atoms with Gasteiger partial charge in [-0.1, -0.05) is 13.0 Å². The topological polar surface area (TPSA) is 52.9 Å². The van der Waals surface area contributed by atoms with E-state index in [1.807, 2.05) is 13.8 Å². The molecule has 0 aliphatic heterocycles. The van der Waals surface area contributed by atoms with Gasteiger partial charge in [0.1, 0.15) is 11.2 Å². The highest BCUT2D eigenvalue weighted by Crippen LogP contribution is 2.45. The van der Waals surface area contributed by atoms with Crippen molar-refractivity contribution in [2.24, 2.45) is 11.3 Å². The summed E-state index contributed by atoms with van der Waals surface area (Å²) >= 11 is 0. The summed E-state index contributed by atoms with van der Waals surface area (Å²) in [7, 11) is 0. The van der Waals surface area contributed by atoms with E-state index in [0.29, 0.717) is 18.8 Å². The van der Waals surface area contributed by atoms with Gasteiger partial charge in [-0.25, -0.2) is 4.39 Å². The van der Waals surface area contributed by atoms with E-state index in [1.54, 1.807) is 12.1 Å². The van der Waals surface area contributed by atoms with E-state index in [2.05, 4.69) is 11.4 Å². The van der Waals surface area contributed by atoms with Crippen LogP contribution >= 0.6 is 0 Å². The number of nitriles is 1. The van der Waals surface area contributed by atoms with Crippen LogP contribution in [-0.4, -0.2) is 5.91 Å². The Morgan fingerprint density at radius 3 is 2.78 bits per heavy atom. The number of anilines is 1. The van der Waals surface area contributed by atoms with Crippen molar-refractivity contribution in [2.75, 3.05) is 5.32 Å². The predicted octanol–water partition coefficient (Wildman–Crippen LogP) is 3.01. The van der Waals surface area contributed by atoms with E-state index in [1.165, 1.54) is 6.07 Å². The molecule has 18 heavy (non-hydrogen) atoms. The molecule has 0 aromatic heterocycles. The summed E-state index contributed by atoms with van der Waals surface area (Å²) in [6.45, 7) is 3.82. The average molecular weight is 246 g/mol. The first-order chi connectivity index (χ1) is 8.47. The van der Waals surface area contributed by atoms with Crippen molar-refractivity contribution < 1.29 is 9.18 Å². The number of hydrogen-bond acceptors (Lipinski definition) is 2. The number of rotatable bonds is 2. The van der Waals surface area contributed by atoms with Gasteiger partial charge in [0.25, 0.3) is 0 Å². The van der Waals surface area contributed by atoms with Crippen molar-refractivity contribution in [3.63, 3.8) is 0 Å². The number of amides is 1. The first kappa shape index (κ1) is 12.6. The van der Waals surface area contributed by atoms with Crippen molar-refractivity contribution in [1.82, 2.24) is 0 Å². The fourth-order valence-corrected chi connectivity index (χ4v) is 2.43. The van der Waals surface area contributed by atoms with Crippen molar-refractivity contribution in [2.45, 2.75) is 26.7 Å². The second-order valence-corrected chi connectivity index (χ2v) is 5.14. The van der Waals surface area contributed by atoms with Crippen LogP contribution in [0.15, 0.2) is 18.2 Å². The molecule has 0 bridgehead atoms. The van der Waals surface area contributed by atoms with Gasteiger partial charge in [0.05, 0.1) is 11.8 Å². The fourth-order valence-electron chi connectivity index (χ4n) is 2.43. The molecule has 0 radical (unpaired) electrons. The van der Waals surface area contributed by atoms with Crippen LogP contribution in [0.1, 0.15) is 25.3 Å². The molecule has 1 aromatic rings. The molecule has 0 saturated heterocycles. The Bertz CT molecular complexity index is 527. The van der Waals surface area contributed by atoms with Crippen LogP contribution in [0, 0.1) is 35.4 Å². The second-order valence-electron chi connectivity index (χ2n) is 5.14. The summed E-state index contributed by atoms with van der Waals surface area (Å²) in [5.74, 6) is -0.500. The molecule has 1 fully saturated rings. The largest absolute Gasteiger partial charge is 0.322 e. The number of nitrogens with one attached hydrogen (secondary N) is 1. The third-order valence-corrected chi connectivity index (χ3v) is 3.41. The maximum absolute atomic E-state index is 13.5. The van der Waals surface area contributed by atoms with Gasteiger partial charge in [0, 0.05) is 0 Å². The van der Waals surface area contributed by atoms with Gasteiger partial charge >= 0.3 is 0 Å². The van der Waals surface area contributed by atoms with Gasteiger partial charge in [0.15, 0.2) is 0 Å². The number of carbonyl (C=O) groups is 1. The molecule has 1 amide bonds. The highest BCUT2D eigenvalue weighted by molar-refractivity contribution is 5.98. The number of hydrogen-bond donors (Lipinski definition) is 1. The Labute approximate surface area is 106 Å². The highest BCUT2D eigenvalue weighted by atomic mass is 19.1. The Kier molecular flexibility index (Phi) is 3.08. The molecule has 1 aliphatic carbocycles. The van der Waals surface area contributed by atoms with Crippen LogP contribution in [0.2, 0.25) is 0 Å². The average Bonchev–Trinajstić information content (AvgIpc) is 2.29. The molecule has 3 nitrogen and oxygen atoms in total. The summed E-state index contributed by atoms with van der Waals surface area (Å²) in [6.07, 6.45) is 1.09. The van der Waals surface area contributed by atoms with E-state index >= 15 is 0 Å². The van der Waals surface area contributed by atoms with Gasteiger partial charge in [-0.15, -0.1) is 0 Å². The summed E-state index contributed by atoms with van der Waals surface area (Å²) in [5.41, 5.74) is 0.0316. The first-order valence-corrected chi connectivity index (χ1v) is 5.96. The molecular weight excluding hydrogens is 231 g/mol. The monoisotopic (exact) mass is 246 g/mol. The van der Waals surface area contributed by atoms with Gasteiger partial charge in [-0.2, -0.15) is 5.26 Å². The predicted molar refractivity (Wildman–Crippen MR) is 66.2 cm³/mol. The third kappa shape index (κ3) is 2.08. The standard InChI is InChI=1S/C14H15FN2O/c1-9-3-4-11(15)12(5-9)17-13(18)14(8-16)6-10(2)7-14/h3-5,10H,6-7H2,1-2H3,(H,17,18). The molecule has 1 N–H and O–H groups in total. The maximum atomic E-state index is 13.5. The van der Waals surface area contributed by atoms with Gasteiger partial charge in [-0.05, 0) is 43.4 Å². The molecule has 1 aliphatic rings. The number of aryl methyl sites for hydroxylation is 1. The second kappa shape index (κ2) is 4.41. The quantitative estimate of drug-likeness (QED) is 0.872. The van der Waals surface area contributed by atoms with Crippen molar-refractivity contribution >= 4 is 11.6 Å². The molecule has 1 saturated carbocycles. The number of halogens is 1. The normalized spacial score (nSPS) is 26.0. The maximum Gasteiger partial charge on any atom is 0.244 e. The molecule has 0 spiro atoms. The third-order valence-electron chi connectivity index (χ3n) is 3.41. The van der Waals surface area contributed by atoms with Gasteiger partial charge < -0.3 is 5.32 Å². The van der Waals surface area contributed by atoms with E-state index in [-0.39, 0.29) is 5.69 Å². The minimum absolute atomic E-state index is 0.147. The van der Waals surface area contributed by atoms with E-state index in [4.69, 9.17) is 5.26 Å². The number of nitrogens with zero attached hydrogens (tertiary/aromatic N) is 1. The van der Waals surface area contributed by atoms with E-state index < -0.39 is 17.1 Å². The van der Waals surface area contributed by atoms with Crippen LogP contribution in [0.5, 0.6) is 0 Å². The lowest BCUT2D eigenvalue weighted by Crippen LogP contribution is -2.45. The van der Waals surface area contributed by atoms with Crippen LogP contribution in [0.3, 0.4) is 0 Å². The fraction of sp³-hybridized carbons (Fsp3) is 0.429. The Balaban J connectivity index is 2.17. The van der Waals surface area contributed by atoms with Crippen molar-refractivity contribution in [3.8, 4) is 6.07 Å². The smallest absolute Gasteiger partial charge is 0.244 e. The molecule has 1 aromatic carbocycles. The Morgan fingerprint density at radius 2 is 2.22 bits per heavy atom. The zero-order chi connectivity index (χ0) is 13.3. The number of benzene rings is 1. The lowest BCUT2D eigenvalue weighted by atomic mass is 9.63. The molecule has 0 unspecified atom stereocenters. The van der Waals surface area contributed by atoms with Crippen LogP contribution in [0.4, 0.5) is 10.1 Å². The summed E-state index contributed by atoms with van der Waals surface area (Å²) in [5, 5.41) is 11.7. The van der Waals surface area contributed by atoms with E-state index in [9.17, 15) is 9.18 Å². The van der Waals surface area contributed by atoms with Crippen LogP contribution < -0.4 is 5.32 Å². The SMILES string of the molecule is Cc1ccc(F)c(NC(=O)C2(C#N)CC(C)C2)c1. The first-order valence-electron chi connectivity index (χ1n) is 5.96. The van der Waals surface area contributed by atoms with Crippen LogP contribution in [0.25, 0.3) is 0 Å². The van der Waals surface area contributed by atoms with Crippen molar-refractivity contribution in [3.05, 3.63) is 29.6 Å². The zero-order valence-electron chi connectivity index (χ0n) is 10.5. The van der Waals surface area contributed by atoms with Crippen molar-refractivity contribution in [1.29, 1.82) is 5.26 Å². The Hall–Kier alpha value is -1.89. The summed E-state index contributed by atoms with van der Waals surface area (Å²) in [6, 6.07) is 6.58. The highest BCUT2D eigenvalue weighted by Gasteiger charge is 2.49. The molecule has 4 heteroatoms. The van der Waals surface area contributed by atoms with Crippen LogP contribution in [-0.2, 0) is 4.79 Å². The molecule has 0 atom stereocenters. The molecular formula is C14H15FN2O. The lowest BCUT2D eigenvalue weighted by Gasteiger charge is -2.39. The summed E-state index contributed by atoms with van der Waals surface area (Å²) in [4.78, 5) is 12.1. The molecule has 0 heterocycles. The Morgan fingerprint density at radius 1 is 1.56 bits per heavy atom. The minimum Gasteiger partial charge on any atom is -0.322 e. The van der Waals surface area contributed by atoms with E-state index in [0.717, 1.165) is 5.56 Å². The lowest BCUT2D eigenvalue weighted by molar-refractivity contribution is -0.128. The minimum atomic E-state index is -0.977. The van der Waals surface area contributed by atoms with Gasteiger partial charge in [0.2, 0.25) is 5.91 Å². The zero-order valence-corrected chi connectivity index (χ0v) is 10.5. The summed E-state index contributed by atoms with van der Waals surface area (Å²) < 4.78 is 13.5. The molecule has 94 valence electrons. The number of carbonyl (C=O) groups excluding carboxylic acids is 1. The van der Waals surface area contributed by atoms with Gasteiger partial charge in [-0.3, -0.25) is 4.79 Å².